The van der Waals surface area contributed by atoms with E-state index in [1.165, 1.54) is 86.8 Å². The first kappa shape index (κ1) is 38.2. The Morgan fingerprint density at radius 2 is 0.864 bits per heavy atom. The molecule has 1 aliphatic rings. The Labute approximate surface area is 388 Å². The molecular weight excluding hydrogens is 817 g/mol. The Hall–Kier alpha value is -8.24. The van der Waals surface area contributed by atoms with Crippen molar-refractivity contribution in [2.24, 2.45) is 0 Å². The first-order chi connectivity index (χ1) is 32.7. The van der Waals surface area contributed by atoms with Crippen molar-refractivity contribution in [3.8, 4) is 38.4 Å². The van der Waals surface area contributed by atoms with E-state index >= 15 is 0 Å². The maximum absolute atomic E-state index is 2.48. The predicted molar refractivity (Wildman–Crippen MR) is 279 cm³/mol. The SMILES string of the molecule is c1ccc(-c2ccc(N(c3ccc(-c4ccc5c(c4)c4ccccc4n5-c4ccccc4)cc3)c3ccc4c(c3)C(c3ccccc3)(c3ccccc3)c3c-4sc4ccccc34)cc2)cc1. The van der Waals surface area contributed by atoms with E-state index in [9.17, 15) is 0 Å². The third-order valence-corrected chi connectivity index (χ3v) is 14.9. The quantitative estimate of drug-likeness (QED) is 0.148. The van der Waals surface area contributed by atoms with Crippen LogP contribution in [-0.4, -0.2) is 4.57 Å². The minimum absolute atomic E-state index is 0.530. The second-order valence-corrected chi connectivity index (χ2v) is 18.3. The lowest BCUT2D eigenvalue weighted by molar-refractivity contribution is 0.776. The number of benzene rings is 10. The molecular formula is C63H42N2S. The van der Waals surface area contributed by atoms with Gasteiger partial charge in [-0.05, 0) is 128 Å². The van der Waals surface area contributed by atoms with Crippen LogP contribution in [0, 0.1) is 0 Å². The van der Waals surface area contributed by atoms with Gasteiger partial charge in [0.1, 0.15) is 0 Å². The number of para-hydroxylation sites is 2. The molecule has 0 unspecified atom stereocenters. The molecule has 0 amide bonds. The lowest BCUT2D eigenvalue weighted by Gasteiger charge is -2.35. The van der Waals surface area contributed by atoms with Crippen LogP contribution in [0.3, 0.4) is 0 Å². The smallest absolute Gasteiger partial charge is 0.0728 e. The van der Waals surface area contributed by atoms with E-state index in [-0.39, 0.29) is 0 Å². The number of rotatable bonds is 8. The molecule has 0 spiro atoms. The van der Waals surface area contributed by atoms with E-state index in [1.54, 1.807) is 0 Å². The van der Waals surface area contributed by atoms with Gasteiger partial charge in [0.15, 0.2) is 0 Å². The van der Waals surface area contributed by atoms with E-state index in [4.69, 9.17) is 0 Å². The molecule has 0 aliphatic heterocycles. The van der Waals surface area contributed by atoms with Crippen molar-refractivity contribution in [3.63, 3.8) is 0 Å². The Balaban J connectivity index is 0.983. The zero-order chi connectivity index (χ0) is 43.6. The highest BCUT2D eigenvalue weighted by molar-refractivity contribution is 7.22. The van der Waals surface area contributed by atoms with E-state index in [0.29, 0.717) is 0 Å². The second kappa shape index (κ2) is 15.5. The van der Waals surface area contributed by atoms with E-state index in [0.717, 1.165) is 22.7 Å². The summed E-state index contributed by atoms with van der Waals surface area (Å²) in [6.45, 7) is 0. The average Bonchev–Trinajstić information content (AvgIpc) is 4.04. The first-order valence-corrected chi connectivity index (χ1v) is 23.5. The molecule has 0 radical (unpaired) electrons. The third kappa shape index (κ3) is 5.94. The Morgan fingerprint density at radius 3 is 1.53 bits per heavy atom. The number of fused-ring (bicyclic) bond motifs is 8. The van der Waals surface area contributed by atoms with E-state index in [1.807, 2.05) is 11.3 Å². The number of hydrogen-bond donors (Lipinski definition) is 0. The molecule has 0 fully saturated rings. The number of anilines is 3. The molecule has 10 aromatic carbocycles. The van der Waals surface area contributed by atoms with Crippen molar-refractivity contribution >= 4 is 60.3 Å². The third-order valence-electron chi connectivity index (χ3n) is 13.7. The number of nitrogens with zero attached hydrogens (tertiary/aromatic N) is 2. The molecule has 2 nitrogen and oxygen atoms in total. The molecule has 66 heavy (non-hydrogen) atoms. The maximum Gasteiger partial charge on any atom is 0.0728 e. The minimum Gasteiger partial charge on any atom is -0.310 e. The van der Waals surface area contributed by atoms with Crippen molar-refractivity contribution < 1.29 is 0 Å². The number of aromatic nitrogens is 1. The molecule has 0 saturated carbocycles. The van der Waals surface area contributed by atoms with Gasteiger partial charge in [0.2, 0.25) is 0 Å². The molecule has 0 saturated heterocycles. The fourth-order valence-corrected chi connectivity index (χ4v) is 12.1. The standard InChI is InChI=1S/C63H42N2S/c1-5-17-43(18-6-1)44-29-34-50(35-30-44)64(51-36-31-45(32-37-51)46-33-40-59-56(41-46)53-25-13-15-27-58(53)65(59)49-23-11-4-12-24-49)52-38-39-54-57(42-52)63(47-19-7-2-8-20-47,48-21-9-3-10-22-48)61-55-26-14-16-28-60(55)66-62(54)61/h1-42H. The van der Waals surface area contributed by atoms with Gasteiger partial charge in [-0.2, -0.15) is 0 Å². The number of hydrogen-bond acceptors (Lipinski definition) is 2. The predicted octanol–water partition coefficient (Wildman–Crippen LogP) is 17.2. The fourth-order valence-electron chi connectivity index (χ4n) is 10.8. The van der Waals surface area contributed by atoms with Gasteiger partial charge in [0.05, 0.1) is 16.4 Å². The molecule has 0 bridgehead atoms. The normalized spacial score (nSPS) is 12.7. The van der Waals surface area contributed by atoms with Gasteiger partial charge in [0, 0.05) is 43.1 Å². The molecule has 0 N–H and O–H groups in total. The van der Waals surface area contributed by atoms with Crippen molar-refractivity contribution in [3.05, 3.63) is 277 Å². The zero-order valence-corrected chi connectivity index (χ0v) is 36.9. The summed E-state index contributed by atoms with van der Waals surface area (Å²) < 4.78 is 3.69. The van der Waals surface area contributed by atoms with Crippen LogP contribution in [0.25, 0.3) is 70.3 Å². The molecule has 2 heterocycles. The molecule has 3 heteroatoms. The zero-order valence-electron chi connectivity index (χ0n) is 36.1. The van der Waals surface area contributed by atoms with Gasteiger partial charge >= 0.3 is 0 Å². The van der Waals surface area contributed by atoms with Gasteiger partial charge in [-0.3, -0.25) is 0 Å². The summed E-state index contributed by atoms with van der Waals surface area (Å²) in [5.41, 5.74) is 17.6. The number of thiophene rings is 1. The van der Waals surface area contributed by atoms with Crippen molar-refractivity contribution in [1.82, 2.24) is 4.57 Å². The van der Waals surface area contributed by atoms with E-state index < -0.39 is 5.41 Å². The minimum atomic E-state index is -0.530. The molecule has 13 rings (SSSR count). The van der Waals surface area contributed by atoms with Crippen LogP contribution >= 0.6 is 11.3 Å². The van der Waals surface area contributed by atoms with Crippen LogP contribution < -0.4 is 4.90 Å². The highest BCUT2D eigenvalue weighted by Gasteiger charge is 2.48. The van der Waals surface area contributed by atoms with Crippen molar-refractivity contribution in [2.45, 2.75) is 5.41 Å². The summed E-state index contributed by atoms with van der Waals surface area (Å²) in [5, 5.41) is 3.81. The highest BCUT2D eigenvalue weighted by atomic mass is 32.1. The highest BCUT2D eigenvalue weighted by Crippen LogP contribution is 2.61. The summed E-state index contributed by atoms with van der Waals surface area (Å²) in [7, 11) is 0. The summed E-state index contributed by atoms with van der Waals surface area (Å²) in [6.07, 6.45) is 0. The van der Waals surface area contributed by atoms with Crippen LogP contribution in [0.15, 0.2) is 255 Å². The summed E-state index contributed by atoms with van der Waals surface area (Å²) in [4.78, 5) is 3.78. The monoisotopic (exact) mass is 858 g/mol. The van der Waals surface area contributed by atoms with Crippen LogP contribution in [0.4, 0.5) is 17.1 Å². The maximum atomic E-state index is 2.48. The molecule has 310 valence electrons. The second-order valence-electron chi connectivity index (χ2n) is 17.2. The van der Waals surface area contributed by atoms with Gasteiger partial charge in [-0.15, -0.1) is 11.3 Å². The largest absolute Gasteiger partial charge is 0.310 e. The Kier molecular flexibility index (Phi) is 8.97. The van der Waals surface area contributed by atoms with E-state index in [2.05, 4.69) is 264 Å². The molecule has 0 atom stereocenters. The van der Waals surface area contributed by atoms with Crippen LogP contribution in [0.1, 0.15) is 22.3 Å². The lowest BCUT2D eigenvalue weighted by Crippen LogP contribution is -2.28. The van der Waals surface area contributed by atoms with Gasteiger partial charge < -0.3 is 9.47 Å². The summed E-state index contributed by atoms with van der Waals surface area (Å²) in [6, 6.07) is 93.6. The fraction of sp³-hybridized carbons (Fsp3) is 0.0159. The van der Waals surface area contributed by atoms with Crippen molar-refractivity contribution in [2.75, 3.05) is 4.90 Å². The van der Waals surface area contributed by atoms with Gasteiger partial charge in [0.25, 0.3) is 0 Å². The van der Waals surface area contributed by atoms with Crippen LogP contribution in [0.2, 0.25) is 0 Å². The van der Waals surface area contributed by atoms with Gasteiger partial charge in [-0.25, -0.2) is 0 Å². The Bertz CT molecular complexity index is 3680. The summed E-state index contributed by atoms with van der Waals surface area (Å²) in [5.74, 6) is 0. The van der Waals surface area contributed by atoms with Gasteiger partial charge in [-0.1, -0.05) is 182 Å². The average molecular weight is 859 g/mol. The first-order valence-electron chi connectivity index (χ1n) is 22.7. The van der Waals surface area contributed by atoms with Crippen LogP contribution in [0.5, 0.6) is 0 Å². The summed E-state index contributed by atoms with van der Waals surface area (Å²) >= 11 is 1.91. The van der Waals surface area contributed by atoms with Crippen molar-refractivity contribution in [1.29, 1.82) is 0 Å². The molecule has 2 aromatic heterocycles. The Morgan fingerprint density at radius 1 is 0.364 bits per heavy atom. The molecule has 1 aliphatic carbocycles. The van der Waals surface area contributed by atoms with Crippen LogP contribution in [-0.2, 0) is 5.41 Å². The molecule has 12 aromatic rings. The topological polar surface area (TPSA) is 8.17 Å². The lowest BCUT2D eigenvalue weighted by atomic mass is 9.67.